The quantitative estimate of drug-likeness (QED) is 0.801. The van der Waals surface area contributed by atoms with Crippen LogP contribution in [-0.4, -0.2) is 38.1 Å². The predicted octanol–water partition coefficient (Wildman–Crippen LogP) is 2.59. The van der Waals surface area contributed by atoms with Crippen LogP contribution in [0.5, 0.6) is 0 Å². The lowest BCUT2D eigenvalue weighted by Gasteiger charge is -2.09. The molecule has 0 spiro atoms. The lowest BCUT2D eigenvalue weighted by Crippen LogP contribution is -2.20. The van der Waals surface area contributed by atoms with Gasteiger partial charge >= 0.3 is 5.97 Å². The van der Waals surface area contributed by atoms with Gasteiger partial charge in [0, 0.05) is 11.0 Å². The molecule has 1 rings (SSSR count). The molecule has 0 amide bonds. The third-order valence-corrected chi connectivity index (χ3v) is 2.33. The number of rotatable bonds is 4. The van der Waals surface area contributed by atoms with Crippen molar-refractivity contribution in [1.82, 2.24) is 4.90 Å². The van der Waals surface area contributed by atoms with Crippen LogP contribution < -0.4 is 0 Å². The second kappa shape index (κ2) is 7.65. The first kappa shape index (κ1) is 15.4. The first-order valence-electron chi connectivity index (χ1n) is 4.67. The van der Waals surface area contributed by atoms with E-state index in [0.29, 0.717) is 12.2 Å². The van der Waals surface area contributed by atoms with E-state index >= 15 is 0 Å². The third-order valence-electron chi connectivity index (χ3n) is 1.83. The smallest absolute Gasteiger partial charge is 0.338 e. The van der Waals surface area contributed by atoms with Crippen LogP contribution in [0, 0.1) is 0 Å². The van der Waals surface area contributed by atoms with Crippen LogP contribution in [-0.2, 0) is 4.74 Å². The van der Waals surface area contributed by atoms with Gasteiger partial charge in [0.15, 0.2) is 0 Å². The molecular weight excluding hydrogens is 293 g/mol. The van der Waals surface area contributed by atoms with E-state index in [2.05, 4.69) is 15.9 Å². The second-order valence-electron chi connectivity index (χ2n) is 3.45. The van der Waals surface area contributed by atoms with E-state index < -0.39 is 0 Å². The molecule has 0 unspecified atom stereocenters. The van der Waals surface area contributed by atoms with Crippen LogP contribution in [0.1, 0.15) is 10.4 Å². The molecule has 1 aromatic carbocycles. The van der Waals surface area contributed by atoms with Crippen LogP contribution >= 0.6 is 28.3 Å². The molecule has 16 heavy (non-hydrogen) atoms. The Balaban J connectivity index is 0.00000225. The molecule has 3 nitrogen and oxygen atoms in total. The van der Waals surface area contributed by atoms with E-state index in [1.807, 2.05) is 31.1 Å². The van der Waals surface area contributed by atoms with Gasteiger partial charge in [-0.25, -0.2) is 4.79 Å². The van der Waals surface area contributed by atoms with Gasteiger partial charge in [-0.05, 0) is 32.3 Å². The van der Waals surface area contributed by atoms with Gasteiger partial charge in [0.25, 0.3) is 0 Å². The molecule has 0 bridgehead atoms. The Morgan fingerprint density at radius 3 is 2.69 bits per heavy atom. The third kappa shape index (κ3) is 5.49. The summed E-state index contributed by atoms with van der Waals surface area (Å²) in [6.45, 7) is 1.15. The zero-order chi connectivity index (χ0) is 11.3. The number of esters is 1. The zero-order valence-electron chi connectivity index (χ0n) is 9.27. The number of ether oxygens (including phenoxy) is 1. The first-order valence-corrected chi connectivity index (χ1v) is 5.46. The standard InChI is InChI=1S/C11H14BrNO2.ClH/c1-13(2)6-7-15-11(14)9-4-3-5-10(12)8-9;/h3-5,8H,6-7H2,1-2H3;1H. The zero-order valence-corrected chi connectivity index (χ0v) is 11.7. The average Bonchev–Trinajstić information content (AvgIpc) is 2.17. The van der Waals surface area contributed by atoms with Crippen LogP contribution in [0.15, 0.2) is 28.7 Å². The van der Waals surface area contributed by atoms with Gasteiger partial charge < -0.3 is 9.64 Å². The maximum atomic E-state index is 11.5. The maximum Gasteiger partial charge on any atom is 0.338 e. The molecule has 0 atom stereocenters. The van der Waals surface area contributed by atoms with Crippen molar-refractivity contribution in [2.24, 2.45) is 0 Å². The van der Waals surface area contributed by atoms with Gasteiger partial charge in [0.05, 0.1) is 5.56 Å². The lowest BCUT2D eigenvalue weighted by atomic mass is 10.2. The summed E-state index contributed by atoms with van der Waals surface area (Å²) < 4.78 is 5.97. The predicted molar refractivity (Wildman–Crippen MR) is 70.2 cm³/mol. The van der Waals surface area contributed by atoms with Crippen molar-refractivity contribution in [2.45, 2.75) is 0 Å². The summed E-state index contributed by atoms with van der Waals surface area (Å²) in [6, 6.07) is 7.17. The minimum absolute atomic E-state index is 0. The fourth-order valence-corrected chi connectivity index (χ4v) is 1.42. The molecule has 90 valence electrons. The molecule has 0 saturated heterocycles. The van der Waals surface area contributed by atoms with Crippen LogP contribution in [0.2, 0.25) is 0 Å². The summed E-state index contributed by atoms with van der Waals surface area (Å²) in [5, 5.41) is 0. The van der Waals surface area contributed by atoms with Gasteiger partial charge in [-0.1, -0.05) is 22.0 Å². The molecule has 1 aromatic rings. The van der Waals surface area contributed by atoms with Gasteiger partial charge in [-0.3, -0.25) is 0 Å². The van der Waals surface area contributed by atoms with Crippen molar-refractivity contribution in [3.05, 3.63) is 34.3 Å². The molecular formula is C11H15BrClNO2. The van der Waals surface area contributed by atoms with Crippen molar-refractivity contribution >= 4 is 34.3 Å². The highest BCUT2D eigenvalue weighted by Gasteiger charge is 2.06. The highest BCUT2D eigenvalue weighted by Crippen LogP contribution is 2.12. The Labute approximate surface area is 110 Å². The van der Waals surface area contributed by atoms with E-state index in [1.54, 1.807) is 12.1 Å². The molecule has 0 aliphatic heterocycles. The molecule has 0 aliphatic carbocycles. The Morgan fingerprint density at radius 2 is 2.12 bits per heavy atom. The van der Waals surface area contributed by atoms with E-state index in [-0.39, 0.29) is 18.4 Å². The number of hydrogen-bond donors (Lipinski definition) is 0. The van der Waals surface area contributed by atoms with Gasteiger partial charge in [-0.15, -0.1) is 12.4 Å². The first-order chi connectivity index (χ1) is 7.09. The molecule has 0 aromatic heterocycles. The molecule has 0 saturated carbocycles. The minimum Gasteiger partial charge on any atom is -0.461 e. The number of benzene rings is 1. The largest absolute Gasteiger partial charge is 0.461 e. The van der Waals surface area contributed by atoms with Gasteiger partial charge in [-0.2, -0.15) is 0 Å². The summed E-state index contributed by atoms with van der Waals surface area (Å²) in [7, 11) is 3.87. The fourth-order valence-electron chi connectivity index (χ4n) is 1.02. The summed E-state index contributed by atoms with van der Waals surface area (Å²) >= 11 is 3.31. The Bertz CT molecular complexity index is 345. The van der Waals surface area contributed by atoms with Crippen molar-refractivity contribution in [3.63, 3.8) is 0 Å². The molecule has 0 radical (unpaired) electrons. The van der Waals surface area contributed by atoms with E-state index in [9.17, 15) is 4.79 Å². The average molecular weight is 309 g/mol. The number of halogens is 2. The molecule has 5 heteroatoms. The monoisotopic (exact) mass is 307 g/mol. The summed E-state index contributed by atoms with van der Waals surface area (Å²) in [4.78, 5) is 13.5. The lowest BCUT2D eigenvalue weighted by molar-refractivity contribution is 0.0482. The highest BCUT2D eigenvalue weighted by molar-refractivity contribution is 9.10. The molecule has 0 N–H and O–H groups in total. The Hall–Kier alpha value is -0.580. The number of carbonyl (C=O) groups is 1. The highest BCUT2D eigenvalue weighted by atomic mass is 79.9. The summed E-state index contributed by atoms with van der Waals surface area (Å²) in [5.41, 5.74) is 0.572. The van der Waals surface area contributed by atoms with Crippen molar-refractivity contribution < 1.29 is 9.53 Å². The Morgan fingerprint density at radius 1 is 1.44 bits per heavy atom. The van der Waals surface area contributed by atoms with E-state index in [1.165, 1.54) is 0 Å². The number of hydrogen-bond acceptors (Lipinski definition) is 3. The SMILES string of the molecule is CN(C)CCOC(=O)c1cccc(Br)c1.Cl. The summed E-state index contributed by atoms with van der Waals surface area (Å²) in [6.07, 6.45) is 0. The second-order valence-corrected chi connectivity index (χ2v) is 4.37. The topological polar surface area (TPSA) is 29.5 Å². The van der Waals surface area contributed by atoms with Crippen LogP contribution in [0.4, 0.5) is 0 Å². The van der Waals surface area contributed by atoms with Crippen LogP contribution in [0.25, 0.3) is 0 Å². The maximum absolute atomic E-state index is 11.5. The van der Waals surface area contributed by atoms with E-state index in [4.69, 9.17) is 4.74 Å². The Kier molecular flexibility index (Phi) is 7.38. The normalized spacial score (nSPS) is 9.75. The fraction of sp³-hybridized carbons (Fsp3) is 0.364. The van der Waals surface area contributed by atoms with E-state index in [0.717, 1.165) is 11.0 Å². The van der Waals surface area contributed by atoms with Gasteiger partial charge in [0.1, 0.15) is 6.61 Å². The van der Waals surface area contributed by atoms with Crippen molar-refractivity contribution in [1.29, 1.82) is 0 Å². The molecule has 0 heterocycles. The molecule has 0 aliphatic rings. The number of nitrogens with zero attached hydrogens (tertiary/aromatic N) is 1. The summed E-state index contributed by atoms with van der Waals surface area (Å²) in [5.74, 6) is -0.279. The number of carbonyl (C=O) groups excluding carboxylic acids is 1. The van der Waals surface area contributed by atoms with Gasteiger partial charge in [0.2, 0.25) is 0 Å². The minimum atomic E-state index is -0.279. The van der Waals surface area contributed by atoms with Crippen molar-refractivity contribution in [3.8, 4) is 0 Å². The van der Waals surface area contributed by atoms with Crippen molar-refractivity contribution in [2.75, 3.05) is 27.2 Å². The molecule has 0 fully saturated rings. The number of likely N-dealkylation sites (N-methyl/N-ethyl adjacent to an activating group) is 1. The van der Waals surface area contributed by atoms with Crippen LogP contribution in [0.3, 0.4) is 0 Å².